The van der Waals surface area contributed by atoms with Crippen LogP contribution in [-0.2, 0) is 14.4 Å². The predicted molar refractivity (Wildman–Crippen MR) is 99.2 cm³/mol. The number of thioether (sulfide) groups is 1. The van der Waals surface area contributed by atoms with E-state index in [0.717, 1.165) is 30.8 Å². The molecule has 0 atom stereocenters. The van der Waals surface area contributed by atoms with Gasteiger partial charge in [0.05, 0.1) is 7.11 Å². The fourth-order valence-electron chi connectivity index (χ4n) is 1.70. The van der Waals surface area contributed by atoms with E-state index in [1.807, 2.05) is 0 Å². The molecule has 130 valence electrons. The first kappa shape index (κ1) is 20.2. The molecule has 0 saturated carbocycles. The van der Waals surface area contributed by atoms with E-state index < -0.39 is 10.1 Å². The third-order valence-electron chi connectivity index (χ3n) is 2.98. The second-order valence-corrected chi connectivity index (χ2v) is 8.06. The van der Waals surface area contributed by atoms with Crippen molar-refractivity contribution in [3.05, 3.63) is 24.3 Å². The molecule has 0 N–H and O–H groups in total. The standard InChI is InChI=1S/C15H23NO4S3/c1-13(22-12-6-4-3-5-11-21)16-20-23(17,18)15-9-7-14(19-2)8-10-15/h7-10,21H,3-6,11-12H2,1-2H3. The second-order valence-electron chi connectivity index (χ2n) is 4.80. The summed E-state index contributed by atoms with van der Waals surface area (Å²) < 4.78 is 33.7. The smallest absolute Gasteiger partial charge is 0.358 e. The minimum Gasteiger partial charge on any atom is -0.497 e. The number of methoxy groups -OCH3 is 1. The molecule has 0 aliphatic carbocycles. The summed E-state index contributed by atoms with van der Waals surface area (Å²) in [5.41, 5.74) is 0. The van der Waals surface area contributed by atoms with E-state index in [0.29, 0.717) is 10.8 Å². The van der Waals surface area contributed by atoms with Crippen LogP contribution in [0, 0.1) is 0 Å². The van der Waals surface area contributed by atoms with Gasteiger partial charge < -0.3 is 4.74 Å². The molecular formula is C15H23NO4S3. The Bertz CT molecular complexity index is 585. The Morgan fingerprint density at radius 2 is 1.83 bits per heavy atom. The number of hydrogen-bond donors (Lipinski definition) is 1. The quantitative estimate of drug-likeness (QED) is 0.220. The molecule has 0 unspecified atom stereocenters. The van der Waals surface area contributed by atoms with Gasteiger partial charge in [0.15, 0.2) is 0 Å². The average Bonchev–Trinajstić information content (AvgIpc) is 2.56. The minimum atomic E-state index is -3.89. The topological polar surface area (TPSA) is 65.0 Å². The van der Waals surface area contributed by atoms with Crippen molar-refractivity contribution in [2.45, 2.75) is 37.5 Å². The monoisotopic (exact) mass is 377 g/mol. The van der Waals surface area contributed by atoms with Gasteiger partial charge in [0.2, 0.25) is 0 Å². The van der Waals surface area contributed by atoms with Gasteiger partial charge in [-0.25, -0.2) is 0 Å². The zero-order valence-corrected chi connectivity index (χ0v) is 15.9. The van der Waals surface area contributed by atoms with E-state index >= 15 is 0 Å². The molecule has 0 amide bonds. The van der Waals surface area contributed by atoms with Gasteiger partial charge in [0.1, 0.15) is 15.7 Å². The number of hydrogen-bond acceptors (Lipinski definition) is 7. The first-order chi connectivity index (χ1) is 11.0. The van der Waals surface area contributed by atoms with E-state index in [4.69, 9.17) is 9.02 Å². The molecule has 5 nitrogen and oxygen atoms in total. The Morgan fingerprint density at radius 3 is 2.43 bits per heavy atom. The van der Waals surface area contributed by atoms with Crippen LogP contribution in [0.3, 0.4) is 0 Å². The summed E-state index contributed by atoms with van der Waals surface area (Å²) in [4.78, 5) is 0.0478. The Hall–Kier alpha value is -0.860. The van der Waals surface area contributed by atoms with Crippen molar-refractivity contribution in [1.82, 2.24) is 0 Å². The van der Waals surface area contributed by atoms with Crippen molar-refractivity contribution in [2.75, 3.05) is 18.6 Å². The highest BCUT2D eigenvalue weighted by Crippen LogP contribution is 2.18. The molecular weight excluding hydrogens is 354 g/mol. The lowest BCUT2D eigenvalue weighted by molar-refractivity contribution is 0.340. The molecule has 0 spiro atoms. The van der Waals surface area contributed by atoms with E-state index in [1.54, 1.807) is 19.1 Å². The van der Waals surface area contributed by atoms with Crippen molar-refractivity contribution in [3.63, 3.8) is 0 Å². The van der Waals surface area contributed by atoms with E-state index in [2.05, 4.69) is 17.8 Å². The van der Waals surface area contributed by atoms with Crippen LogP contribution in [0.15, 0.2) is 34.3 Å². The molecule has 0 fully saturated rings. The summed E-state index contributed by atoms with van der Waals surface area (Å²) in [7, 11) is -2.37. The minimum absolute atomic E-state index is 0.0478. The van der Waals surface area contributed by atoms with Gasteiger partial charge in [-0.2, -0.15) is 21.0 Å². The molecule has 1 aromatic carbocycles. The predicted octanol–water partition coefficient (Wildman–Crippen LogP) is 3.96. The van der Waals surface area contributed by atoms with Gasteiger partial charge >= 0.3 is 10.1 Å². The third-order valence-corrected chi connectivity index (χ3v) is 5.40. The second kappa shape index (κ2) is 10.8. The molecule has 1 rings (SSSR count). The highest BCUT2D eigenvalue weighted by Gasteiger charge is 2.15. The van der Waals surface area contributed by atoms with E-state index in [-0.39, 0.29) is 4.90 Å². The first-order valence-electron chi connectivity index (χ1n) is 7.35. The van der Waals surface area contributed by atoms with Gasteiger partial charge in [-0.3, -0.25) is 4.28 Å². The number of benzene rings is 1. The fourth-order valence-corrected chi connectivity index (χ4v) is 3.47. The summed E-state index contributed by atoms with van der Waals surface area (Å²) in [6.45, 7) is 1.74. The maximum Gasteiger partial charge on any atom is 0.358 e. The zero-order chi connectivity index (χ0) is 17.1. The lowest BCUT2D eigenvalue weighted by Gasteiger charge is -2.04. The van der Waals surface area contributed by atoms with Crippen molar-refractivity contribution < 1.29 is 17.4 Å². The van der Waals surface area contributed by atoms with E-state index in [9.17, 15) is 8.42 Å². The Balaban J connectivity index is 2.43. The molecule has 1 aromatic rings. The molecule has 0 aliphatic heterocycles. The van der Waals surface area contributed by atoms with Crippen LogP contribution in [-0.4, -0.2) is 32.1 Å². The average molecular weight is 378 g/mol. The van der Waals surface area contributed by atoms with Crippen LogP contribution in [0.4, 0.5) is 0 Å². The molecule has 23 heavy (non-hydrogen) atoms. The number of thiol groups is 1. The van der Waals surface area contributed by atoms with Gasteiger partial charge in [0.25, 0.3) is 0 Å². The molecule has 0 radical (unpaired) electrons. The van der Waals surface area contributed by atoms with Crippen LogP contribution >= 0.6 is 24.4 Å². The van der Waals surface area contributed by atoms with E-state index in [1.165, 1.54) is 37.4 Å². The van der Waals surface area contributed by atoms with Crippen LogP contribution in [0.2, 0.25) is 0 Å². The number of nitrogens with zero attached hydrogens (tertiary/aromatic N) is 1. The summed E-state index contributed by atoms with van der Waals surface area (Å²) in [5.74, 6) is 2.40. The lowest BCUT2D eigenvalue weighted by Crippen LogP contribution is -2.03. The molecule has 0 saturated heterocycles. The lowest BCUT2D eigenvalue weighted by atomic mass is 10.2. The largest absolute Gasteiger partial charge is 0.497 e. The number of rotatable bonds is 10. The summed E-state index contributed by atoms with van der Waals surface area (Å²) >= 11 is 5.67. The van der Waals surface area contributed by atoms with Crippen molar-refractivity contribution in [3.8, 4) is 5.75 Å². The maximum atomic E-state index is 12.0. The van der Waals surface area contributed by atoms with Gasteiger partial charge in [-0.15, -0.1) is 11.8 Å². The first-order valence-corrected chi connectivity index (χ1v) is 10.4. The normalized spacial score (nSPS) is 12.2. The van der Waals surface area contributed by atoms with Crippen LogP contribution in [0.5, 0.6) is 5.75 Å². The van der Waals surface area contributed by atoms with Crippen LogP contribution in [0.1, 0.15) is 32.6 Å². The highest BCUT2D eigenvalue weighted by atomic mass is 32.2. The molecule has 8 heteroatoms. The van der Waals surface area contributed by atoms with Crippen molar-refractivity contribution in [1.29, 1.82) is 0 Å². The fraction of sp³-hybridized carbons (Fsp3) is 0.533. The summed E-state index contributed by atoms with van der Waals surface area (Å²) in [6.07, 6.45) is 4.51. The molecule has 0 aliphatic rings. The highest BCUT2D eigenvalue weighted by molar-refractivity contribution is 8.13. The Kier molecular flexibility index (Phi) is 9.50. The SMILES string of the molecule is COc1ccc(S(=O)(=O)ON=C(C)SCCCCCCS)cc1. The van der Waals surface area contributed by atoms with Crippen molar-refractivity contribution >= 4 is 39.6 Å². The molecule has 0 aromatic heterocycles. The molecule has 0 heterocycles. The van der Waals surface area contributed by atoms with Crippen molar-refractivity contribution in [2.24, 2.45) is 5.16 Å². The number of unbranched alkanes of at least 4 members (excludes halogenated alkanes) is 3. The number of ether oxygens (including phenoxy) is 1. The summed E-state index contributed by atoms with van der Waals surface area (Å²) in [5, 5.41) is 4.29. The van der Waals surface area contributed by atoms with Gasteiger partial charge in [-0.05, 0) is 55.5 Å². The third kappa shape index (κ3) is 7.99. The Labute approximate surface area is 148 Å². The van der Waals surface area contributed by atoms with Crippen LogP contribution in [0.25, 0.3) is 0 Å². The van der Waals surface area contributed by atoms with Gasteiger partial charge in [0, 0.05) is 0 Å². The van der Waals surface area contributed by atoms with Crippen LogP contribution < -0.4 is 4.74 Å². The summed E-state index contributed by atoms with van der Waals surface area (Å²) in [6, 6.07) is 5.97. The Morgan fingerprint density at radius 1 is 1.17 bits per heavy atom. The van der Waals surface area contributed by atoms with Gasteiger partial charge in [-0.1, -0.05) is 18.0 Å². The molecule has 0 bridgehead atoms. The maximum absolute atomic E-state index is 12.0. The number of oxime groups is 1. The zero-order valence-electron chi connectivity index (χ0n) is 13.4.